The van der Waals surface area contributed by atoms with Gasteiger partial charge in [-0.05, 0) is 18.6 Å². The van der Waals surface area contributed by atoms with Gasteiger partial charge in [0.1, 0.15) is 5.75 Å². The predicted octanol–water partition coefficient (Wildman–Crippen LogP) is 3.37. The second kappa shape index (κ2) is 5.24. The summed E-state index contributed by atoms with van der Waals surface area (Å²) in [7, 11) is 0. The first kappa shape index (κ1) is 12.1. The van der Waals surface area contributed by atoms with E-state index in [-0.39, 0.29) is 11.6 Å². The minimum absolute atomic E-state index is 0.0483. The number of rotatable bonds is 3. The molecule has 0 aliphatic rings. The van der Waals surface area contributed by atoms with Crippen LogP contribution in [-0.4, -0.2) is 16.0 Å². The molecule has 1 rings (SSSR count). The van der Waals surface area contributed by atoms with E-state index in [1.54, 1.807) is 6.07 Å². The normalized spacial score (nSPS) is 11.8. The molecule has 0 bridgehead atoms. The van der Waals surface area contributed by atoms with E-state index in [1.807, 2.05) is 6.92 Å². The number of alkyl halides is 1. The minimum Gasteiger partial charge on any atom is -0.508 e. The molecule has 0 fully saturated rings. The smallest absolute Gasteiger partial charge is 0.121 e. The lowest BCUT2D eigenvalue weighted by atomic mass is 10.0. The van der Waals surface area contributed by atoms with Crippen LogP contribution in [0.1, 0.15) is 24.5 Å². The van der Waals surface area contributed by atoms with Crippen LogP contribution in [0.15, 0.2) is 17.3 Å². The highest BCUT2D eigenvalue weighted by molar-refractivity contribution is 6.34. The van der Waals surface area contributed by atoms with Gasteiger partial charge in [0.25, 0.3) is 0 Å². The molecule has 0 heterocycles. The summed E-state index contributed by atoms with van der Waals surface area (Å²) in [5, 5.41) is 21.7. The highest BCUT2D eigenvalue weighted by Crippen LogP contribution is 2.28. The third kappa shape index (κ3) is 2.55. The van der Waals surface area contributed by atoms with Crippen LogP contribution < -0.4 is 0 Å². The second-order valence-electron chi connectivity index (χ2n) is 2.99. The fourth-order valence-corrected chi connectivity index (χ4v) is 1.73. The maximum atomic E-state index is 9.47. The van der Waals surface area contributed by atoms with Crippen molar-refractivity contribution in [3.8, 4) is 5.75 Å². The van der Waals surface area contributed by atoms with Gasteiger partial charge in [0, 0.05) is 11.1 Å². The van der Waals surface area contributed by atoms with Crippen LogP contribution in [0.4, 0.5) is 0 Å². The van der Waals surface area contributed by atoms with E-state index in [0.29, 0.717) is 28.3 Å². The zero-order chi connectivity index (χ0) is 11.4. The van der Waals surface area contributed by atoms with E-state index in [1.165, 1.54) is 6.07 Å². The Labute approximate surface area is 97.9 Å². The van der Waals surface area contributed by atoms with Gasteiger partial charge in [-0.15, -0.1) is 11.6 Å². The lowest BCUT2D eigenvalue weighted by Gasteiger charge is -2.08. The van der Waals surface area contributed by atoms with Gasteiger partial charge in [0.05, 0.1) is 16.6 Å². The average Bonchev–Trinajstić information content (AvgIpc) is 2.22. The molecule has 0 amide bonds. The third-order valence-electron chi connectivity index (χ3n) is 2.08. The van der Waals surface area contributed by atoms with Crippen molar-refractivity contribution in [1.29, 1.82) is 0 Å². The second-order valence-corrected chi connectivity index (χ2v) is 3.67. The van der Waals surface area contributed by atoms with Gasteiger partial charge in [0.2, 0.25) is 0 Å². The molecule has 82 valence electrons. The number of hydrogen-bond acceptors (Lipinski definition) is 3. The summed E-state index contributed by atoms with van der Waals surface area (Å²) in [5.41, 5.74) is 1.62. The number of phenols is 1. The minimum atomic E-state index is 0.0483. The molecule has 0 radical (unpaired) electrons. The first-order valence-electron chi connectivity index (χ1n) is 4.42. The number of benzene rings is 1. The SMILES string of the molecule is CC/C(=N\O)c1cc(CCl)c(O)cc1Cl. The Bertz CT molecular complexity index is 391. The monoisotopic (exact) mass is 247 g/mol. The highest BCUT2D eigenvalue weighted by Gasteiger charge is 2.11. The number of nitrogens with zero attached hydrogens (tertiary/aromatic N) is 1. The molecule has 0 saturated heterocycles. The van der Waals surface area contributed by atoms with Crippen molar-refractivity contribution in [2.75, 3.05) is 0 Å². The van der Waals surface area contributed by atoms with Crippen molar-refractivity contribution in [2.24, 2.45) is 5.16 Å². The van der Waals surface area contributed by atoms with E-state index < -0.39 is 0 Å². The van der Waals surface area contributed by atoms with Crippen molar-refractivity contribution in [2.45, 2.75) is 19.2 Å². The van der Waals surface area contributed by atoms with Crippen LogP contribution in [-0.2, 0) is 5.88 Å². The Morgan fingerprint density at radius 2 is 2.13 bits per heavy atom. The Hall–Kier alpha value is -0.930. The summed E-state index contributed by atoms with van der Waals surface area (Å²) in [6, 6.07) is 3.03. The average molecular weight is 248 g/mol. The standard InChI is InChI=1S/C10H11Cl2NO2/c1-2-9(13-15)7-3-6(5-11)10(14)4-8(7)12/h3-4,14-15H,2,5H2,1H3/b13-9+. The van der Waals surface area contributed by atoms with Gasteiger partial charge in [-0.3, -0.25) is 0 Å². The number of phenolic OH excluding ortho intramolecular Hbond substituents is 1. The largest absolute Gasteiger partial charge is 0.508 e. The Kier molecular flexibility index (Phi) is 4.24. The summed E-state index contributed by atoms with van der Waals surface area (Å²) in [6.45, 7) is 1.85. The van der Waals surface area contributed by atoms with Gasteiger partial charge >= 0.3 is 0 Å². The molecule has 1 aromatic carbocycles. The van der Waals surface area contributed by atoms with Crippen molar-refractivity contribution in [3.63, 3.8) is 0 Å². The van der Waals surface area contributed by atoms with Gasteiger partial charge in [0.15, 0.2) is 0 Å². The van der Waals surface area contributed by atoms with Gasteiger partial charge in [-0.1, -0.05) is 23.7 Å². The molecule has 2 N–H and O–H groups in total. The highest BCUT2D eigenvalue weighted by atomic mass is 35.5. The maximum absolute atomic E-state index is 9.47. The van der Waals surface area contributed by atoms with Crippen LogP contribution >= 0.6 is 23.2 Å². The van der Waals surface area contributed by atoms with Crippen molar-refractivity contribution >= 4 is 28.9 Å². The van der Waals surface area contributed by atoms with Crippen LogP contribution in [0, 0.1) is 0 Å². The number of hydrogen-bond donors (Lipinski definition) is 2. The van der Waals surface area contributed by atoms with Crippen molar-refractivity contribution in [3.05, 3.63) is 28.3 Å². The summed E-state index contributed by atoms with van der Waals surface area (Å²) < 4.78 is 0. The Morgan fingerprint density at radius 1 is 1.47 bits per heavy atom. The summed E-state index contributed by atoms with van der Waals surface area (Å²) in [6.07, 6.45) is 0.544. The molecule has 0 spiro atoms. The van der Waals surface area contributed by atoms with Gasteiger partial charge in [-0.2, -0.15) is 0 Å². The molecule has 0 atom stereocenters. The van der Waals surface area contributed by atoms with E-state index >= 15 is 0 Å². The van der Waals surface area contributed by atoms with Crippen LogP contribution in [0.2, 0.25) is 5.02 Å². The van der Waals surface area contributed by atoms with Crippen molar-refractivity contribution < 1.29 is 10.3 Å². The molecule has 0 saturated carbocycles. The molecular weight excluding hydrogens is 237 g/mol. The summed E-state index contributed by atoms with van der Waals surface area (Å²) >= 11 is 11.6. The third-order valence-corrected chi connectivity index (χ3v) is 2.68. The van der Waals surface area contributed by atoms with Crippen LogP contribution in [0.5, 0.6) is 5.75 Å². The fourth-order valence-electron chi connectivity index (χ4n) is 1.25. The number of oxime groups is 1. The molecule has 5 heteroatoms. The molecule has 0 aromatic heterocycles. The van der Waals surface area contributed by atoms with E-state index in [2.05, 4.69) is 5.16 Å². The van der Waals surface area contributed by atoms with Gasteiger partial charge < -0.3 is 10.3 Å². The van der Waals surface area contributed by atoms with E-state index in [0.717, 1.165) is 0 Å². The zero-order valence-electron chi connectivity index (χ0n) is 8.17. The number of halogens is 2. The lowest BCUT2D eigenvalue weighted by Crippen LogP contribution is -2.01. The lowest BCUT2D eigenvalue weighted by molar-refractivity contribution is 0.318. The first-order valence-corrected chi connectivity index (χ1v) is 5.33. The first-order chi connectivity index (χ1) is 7.13. The molecular formula is C10H11Cl2NO2. The van der Waals surface area contributed by atoms with E-state index in [4.69, 9.17) is 28.4 Å². The maximum Gasteiger partial charge on any atom is 0.121 e. The molecule has 0 aliphatic carbocycles. The quantitative estimate of drug-likeness (QED) is 0.373. The summed E-state index contributed by atoms with van der Waals surface area (Å²) in [5.74, 6) is 0.227. The molecule has 0 unspecified atom stereocenters. The van der Waals surface area contributed by atoms with Crippen LogP contribution in [0.3, 0.4) is 0 Å². The topological polar surface area (TPSA) is 52.8 Å². The van der Waals surface area contributed by atoms with Crippen LogP contribution in [0.25, 0.3) is 0 Å². The fraction of sp³-hybridized carbons (Fsp3) is 0.300. The summed E-state index contributed by atoms with van der Waals surface area (Å²) in [4.78, 5) is 0. The Balaban J connectivity index is 3.30. The molecule has 15 heavy (non-hydrogen) atoms. The van der Waals surface area contributed by atoms with Crippen molar-refractivity contribution in [1.82, 2.24) is 0 Å². The van der Waals surface area contributed by atoms with Gasteiger partial charge in [-0.25, -0.2) is 0 Å². The molecule has 0 aliphatic heterocycles. The molecule has 3 nitrogen and oxygen atoms in total. The Morgan fingerprint density at radius 3 is 2.60 bits per heavy atom. The predicted molar refractivity (Wildman–Crippen MR) is 61.3 cm³/mol. The zero-order valence-corrected chi connectivity index (χ0v) is 9.68. The number of aromatic hydroxyl groups is 1. The molecule has 1 aromatic rings. The van der Waals surface area contributed by atoms with E-state index in [9.17, 15) is 5.11 Å².